The van der Waals surface area contributed by atoms with Gasteiger partial charge in [-0.2, -0.15) is 0 Å². The van der Waals surface area contributed by atoms with Crippen molar-refractivity contribution in [3.05, 3.63) is 59.3 Å². The van der Waals surface area contributed by atoms with Crippen LogP contribution in [-0.2, 0) is 0 Å². The topological polar surface area (TPSA) is 15.3 Å². The van der Waals surface area contributed by atoms with Crippen LogP contribution < -0.4 is 5.32 Å². The normalized spacial score (nSPS) is 17.5. The quantitative estimate of drug-likeness (QED) is 0.697. The summed E-state index contributed by atoms with van der Waals surface area (Å²) in [6.07, 6.45) is 3.66. The number of allylic oxidation sites excluding steroid dienone is 1. The third-order valence-electron chi connectivity index (χ3n) is 5.18. The molecule has 0 aliphatic carbocycles. The number of rotatable bonds is 7. The van der Waals surface area contributed by atoms with Gasteiger partial charge in [-0.05, 0) is 70.8 Å². The average molecular weight is 327 g/mol. The zero-order chi connectivity index (χ0) is 17.7. The van der Waals surface area contributed by atoms with Crippen molar-refractivity contribution in [1.82, 2.24) is 10.2 Å². The highest BCUT2D eigenvalue weighted by Gasteiger charge is 2.23. The van der Waals surface area contributed by atoms with Crippen molar-refractivity contribution in [2.75, 3.05) is 19.6 Å². The van der Waals surface area contributed by atoms with Crippen molar-refractivity contribution in [2.45, 2.75) is 53.0 Å². The lowest BCUT2D eigenvalue weighted by molar-refractivity contribution is 0.195. The van der Waals surface area contributed by atoms with E-state index in [0.29, 0.717) is 5.92 Å². The van der Waals surface area contributed by atoms with Crippen LogP contribution in [0.1, 0.15) is 55.8 Å². The van der Waals surface area contributed by atoms with Crippen LogP contribution >= 0.6 is 0 Å². The molecular weight excluding hydrogens is 292 g/mol. The van der Waals surface area contributed by atoms with Crippen LogP contribution in [0.3, 0.4) is 0 Å². The van der Waals surface area contributed by atoms with Crippen molar-refractivity contribution >= 4 is 0 Å². The fraction of sp³-hybridized carbons (Fsp3) is 0.545. The first-order valence-corrected chi connectivity index (χ1v) is 9.32. The molecule has 0 amide bonds. The van der Waals surface area contributed by atoms with Crippen molar-refractivity contribution in [3.8, 4) is 0 Å². The first-order chi connectivity index (χ1) is 11.4. The van der Waals surface area contributed by atoms with E-state index < -0.39 is 0 Å². The Labute approximate surface area is 148 Å². The number of benzene rings is 1. The number of hydrogen-bond donors (Lipinski definition) is 1. The molecule has 0 radical (unpaired) electrons. The molecule has 1 fully saturated rings. The SMILES string of the molecule is C=C(NC(C(=C)C)c1ccc(C)cc1C)C1CCN(CCC)CC1. The van der Waals surface area contributed by atoms with Crippen LogP contribution in [0, 0.1) is 19.8 Å². The third kappa shape index (κ3) is 4.73. The lowest BCUT2D eigenvalue weighted by Gasteiger charge is -2.34. The molecule has 1 saturated heterocycles. The molecule has 132 valence electrons. The summed E-state index contributed by atoms with van der Waals surface area (Å²) in [6, 6.07) is 6.82. The zero-order valence-corrected chi connectivity index (χ0v) is 16.0. The first-order valence-electron chi connectivity index (χ1n) is 9.32. The van der Waals surface area contributed by atoms with E-state index in [-0.39, 0.29) is 6.04 Å². The Bertz CT molecular complexity index is 580. The fourth-order valence-electron chi connectivity index (χ4n) is 3.74. The molecule has 0 saturated carbocycles. The Balaban J connectivity index is 2.03. The van der Waals surface area contributed by atoms with Crippen LogP contribution in [0.5, 0.6) is 0 Å². The average Bonchev–Trinajstić information content (AvgIpc) is 2.54. The fourth-order valence-corrected chi connectivity index (χ4v) is 3.74. The minimum atomic E-state index is 0.159. The Hall–Kier alpha value is -1.54. The molecule has 0 aromatic heterocycles. The smallest absolute Gasteiger partial charge is 0.0721 e. The molecule has 1 unspecified atom stereocenters. The second-order valence-corrected chi connectivity index (χ2v) is 7.42. The molecule has 1 atom stereocenters. The summed E-state index contributed by atoms with van der Waals surface area (Å²) in [4.78, 5) is 2.57. The summed E-state index contributed by atoms with van der Waals surface area (Å²) in [7, 11) is 0. The van der Waals surface area contributed by atoms with Gasteiger partial charge in [0, 0.05) is 11.6 Å². The number of aryl methyl sites for hydroxylation is 2. The molecule has 2 nitrogen and oxygen atoms in total. The van der Waals surface area contributed by atoms with Gasteiger partial charge >= 0.3 is 0 Å². The monoisotopic (exact) mass is 326 g/mol. The Morgan fingerprint density at radius 3 is 2.46 bits per heavy atom. The van der Waals surface area contributed by atoms with Gasteiger partial charge in [0.2, 0.25) is 0 Å². The molecule has 1 heterocycles. The van der Waals surface area contributed by atoms with E-state index in [1.54, 1.807) is 0 Å². The van der Waals surface area contributed by atoms with E-state index in [2.05, 4.69) is 69.3 Å². The number of likely N-dealkylation sites (tertiary alicyclic amines) is 1. The molecular formula is C22H34N2. The van der Waals surface area contributed by atoms with E-state index in [0.717, 1.165) is 5.57 Å². The summed E-state index contributed by atoms with van der Waals surface area (Å²) in [6.45, 7) is 20.9. The Morgan fingerprint density at radius 2 is 1.92 bits per heavy atom. The highest BCUT2D eigenvalue weighted by molar-refractivity contribution is 5.37. The molecule has 1 aliphatic heterocycles. The molecule has 0 spiro atoms. The molecule has 1 N–H and O–H groups in total. The molecule has 24 heavy (non-hydrogen) atoms. The largest absolute Gasteiger partial charge is 0.378 e. The minimum absolute atomic E-state index is 0.159. The van der Waals surface area contributed by atoms with Gasteiger partial charge in [0.15, 0.2) is 0 Å². The van der Waals surface area contributed by atoms with Gasteiger partial charge in [0.25, 0.3) is 0 Å². The number of piperidine rings is 1. The van der Waals surface area contributed by atoms with Crippen molar-refractivity contribution in [2.24, 2.45) is 5.92 Å². The summed E-state index contributed by atoms with van der Waals surface area (Å²) in [5, 5.41) is 3.70. The van der Waals surface area contributed by atoms with Crippen molar-refractivity contribution in [3.63, 3.8) is 0 Å². The lowest BCUT2D eigenvalue weighted by atomic mass is 9.91. The van der Waals surface area contributed by atoms with E-state index in [1.165, 1.54) is 61.3 Å². The van der Waals surface area contributed by atoms with Crippen LogP contribution in [0.25, 0.3) is 0 Å². The van der Waals surface area contributed by atoms with Crippen LogP contribution in [-0.4, -0.2) is 24.5 Å². The van der Waals surface area contributed by atoms with Crippen LogP contribution in [0.4, 0.5) is 0 Å². The predicted octanol–water partition coefficient (Wildman–Crippen LogP) is 5.15. The van der Waals surface area contributed by atoms with Crippen LogP contribution in [0.2, 0.25) is 0 Å². The number of nitrogens with zero attached hydrogens (tertiary/aromatic N) is 1. The zero-order valence-electron chi connectivity index (χ0n) is 16.0. The van der Waals surface area contributed by atoms with E-state index in [9.17, 15) is 0 Å². The van der Waals surface area contributed by atoms with Gasteiger partial charge < -0.3 is 10.2 Å². The van der Waals surface area contributed by atoms with Crippen LogP contribution in [0.15, 0.2) is 42.6 Å². The maximum Gasteiger partial charge on any atom is 0.0721 e. The van der Waals surface area contributed by atoms with Gasteiger partial charge in [-0.25, -0.2) is 0 Å². The molecule has 2 rings (SSSR count). The molecule has 1 aromatic carbocycles. The summed E-state index contributed by atoms with van der Waals surface area (Å²) < 4.78 is 0. The third-order valence-corrected chi connectivity index (χ3v) is 5.18. The summed E-state index contributed by atoms with van der Waals surface area (Å²) in [5.74, 6) is 0.575. The number of nitrogens with one attached hydrogen (secondary N) is 1. The number of hydrogen-bond acceptors (Lipinski definition) is 2. The lowest BCUT2D eigenvalue weighted by Crippen LogP contribution is -2.37. The van der Waals surface area contributed by atoms with Gasteiger partial charge in [-0.1, -0.05) is 49.4 Å². The molecule has 1 aromatic rings. The first kappa shape index (κ1) is 18.8. The Morgan fingerprint density at radius 1 is 1.25 bits per heavy atom. The minimum Gasteiger partial charge on any atom is -0.378 e. The second kappa shape index (κ2) is 8.53. The van der Waals surface area contributed by atoms with Crippen molar-refractivity contribution < 1.29 is 0 Å². The highest BCUT2D eigenvalue weighted by Crippen LogP contribution is 2.29. The maximum atomic E-state index is 4.37. The van der Waals surface area contributed by atoms with Crippen molar-refractivity contribution in [1.29, 1.82) is 0 Å². The standard InChI is InChI=1S/C22H34N2/c1-7-12-24-13-10-20(11-14-24)19(6)23-22(16(2)3)21-9-8-17(4)15-18(21)5/h8-9,15,20,22-23H,2,6-7,10-14H2,1,3-5H3. The predicted molar refractivity (Wildman–Crippen MR) is 105 cm³/mol. The highest BCUT2D eigenvalue weighted by atomic mass is 15.1. The Kier molecular flexibility index (Phi) is 6.68. The summed E-state index contributed by atoms with van der Waals surface area (Å²) in [5.41, 5.74) is 6.27. The second-order valence-electron chi connectivity index (χ2n) is 7.42. The van der Waals surface area contributed by atoms with E-state index in [4.69, 9.17) is 0 Å². The molecule has 1 aliphatic rings. The van der Waals surface area contributed by atoms with E-state index >= 15 is 0 Å². The van der Waals surface area contributed by atoms with Gasteiger partial charge in [0.05, 0.1) is 6.04 Å². The van der Waals surface area contributed by atoms with Gasteiger partial charge in [0.1, 0.15) is 0 Å². The summed E-state index contributed by atoms with van der Waals surface area (Å²) >= 11 is 0. The van der Waals surface area contributed by atoms with Gasteiger partial charge in [-0.3, -0.25) is 0 Å². The van der Waals surface area contributed by atoms with Gasteiger partial charge in [-0.15, -0.1) is 0 Å². The molecule has 0 bridgehead atoms. The maximum absolute atomic E-state index is 4.37. The van der Waals surface area contributed by atoms with E-state index in [1.807, 2.05) is 0 Å². The molecule has 2 heteroatoms.